The highest BCUT2D eigenvalue weighted by Crippen LogP contribution is 2.26. The molecule has 0 fully saturated rings. The lowest BCUT2D eigenvalue weighted by molar-refractivity contribution is -0.113. The fourth-order valence-electron chi connectivity index (χ4n) is 2.66. The summed E-state index contributed by atoms with van der Waals surface area (Å²) in [5.41, 5.74) is 1.82. The molecule has 10 heteroatoms. The fourth-order valence-corrected chi connectivity index (χ4v) is 4.39. The highest BCUT2D eigenvalue weighted by molar-refractivity contribution is 7.99. The molecule has 2 aromatic heterocycles. The third-order valence-electron chi connectivity index (χ3n) is 4.30. The Morgan fingerprint density at radius 2 is 2.10 bits per heavy atom. The van der Waals surface area contributed by atoms with Gasteiger partial charge in [-0.25, -0.2) is 4.98 Å². The summed E-state index contributed by atoms with van der Waals surface area (Å²) in [6.07, 6.45) is 0. The van der Waals surface area contributed by atoms with Crippen molar-refractivity contribution in [3.63, 3.8) is 0 Å². The van der Waals surface area contributed by atoms with Crippen LogP contribution in [-0.2, 0) is 18.4 Å². The second-order valence-electron chi connectivity index (χ2n) is 6.48. The van der Waals surface area contributed by atoms with Crippen LogP contribution >= 0.6 is 34.7 Å². The number of fused-ring (bicyclic) bond motifs is 1. The zero-order valence-corrected chi connectivity index (χ0v) is 18.6. The first kappa shape index (κ1) is 20.6. The van der Waals surface area contributed by atoms with Crippen molar-refractivity contribution in [2.24, 2.45) is 7.05 Å². The van der Waals surface area contributed by atoms with Crippen molar-refractivity contribution in [2.45, 2.75) is 18.7 Å². The van der Waals surface area contributed by atoms with Gasteiger partial charge in [0.25, 0.3) is 0 Å². The number of carbonyl (C=O) groups is 1. The van der Waals surface area contributed by atoms with Gasteiger partial charge in [-0.1, -0.05) is 46.8 Å². The number of anilines is 1. The normalized spacial score (nSPS) is 11.0. The van der Waals surface area contributed by atoms with Gasteiger partial charge in [-0.2, -0.15) is 0 Å². The molecule has 0 saturated heterocycles. The van der Waals surface area contributed by atoms with E-state index in [0.29, 0.717) is 26.9 Å². The van der Waals surface area contributed by atoms with Gasteiger partial charge in [-0.15, -0.1) is 10.2 Å². The largest absolute Gasteiger partial charge is 0.486 e. The number of benzene rings is 2. The van der Waals surface area contributed by atoms with E-state index in [0.717, 1.165) is 15.8 Å². The smallest absolute Gasteiger partial charge is 0.236 e. The number of aromatic nitrogens is 4. The molecule has 0 saturated carbocycles. The van der Waals surface area contributed by atoms with E-state index >= 15 is 0 Å². The number of para-hydroxylation sites is 1. The van der Waals surface area contributed by atoms with Crippen molar-refractivity contribution in [1.82, 2.24) is 19.7 Å². The number of ether oxygens (including phenoxy) is 1. The molecule has 4 rings (SSSR count). The minimum Gasteiger partial charge on any atom is -0.486 e. The molecule has 1 N–H and O–H groups in total. The molecular formula is C20H18ClN5O2S2. The quantitative estimate of drug-likeness (QED) is 0.403. The predicted octanol–water partition coefficient (Wildman–Crippen LogP) is 4.70. The highest BCUT2D eigenvalue weighted by atomic mass is 35.5. The lowest BCUT2D eigenvalue weighted by atomic mass is 10.2. The monoisotopic (exact) mass is 459 g/mol. The van der Waals surface area contributed by atoms with Gasteiger partial charge in [0.05, 0.1) is 16.0 Å². The summed E-state index contributed by atoms with van der Waals surface area (Å²) < 4.78 is 8.63. The van der Waals surface area contributed by atoms with E-state index in [4.69, 9.17) is 16.3 Å². The summed E-state index contributed by atoms with van der Waals surface area (Å²) in [5.74, 6) is 1.44. The van der Waals surface area contributed by atoms with Crippen LogP contribution < -0.4 is 10.1 Å². The Kier molecular flexibility index (Phi) is 6.21. The van der Waals surface area contributed by atoms with Crippen molar-refractivity contribution in [3.8, 4) is 5.75 Å². The number of nitrogens with zero attached hydrogens (tertiary/aromatic N) is 4. The predicted molar refractivity (Wildman–Crippen MR) is 120 cm³/mol. The van der Waals surface area contributed by atoms with E-state index in [1.165, 1.54) is 23.1 Å². The lowest BCUT2D eigenvalue weighted by Crippen LogP contribution is -2.14. The lowest BCUT2D eigenvalue weighted by Gasteiger charge is -2.08. The Balaban J connectivity index is 1.32. The van der Waals surface area contributed by atoms with Gasteiger partial charge < -0.3 is 14.6 Å². The van der Waals surface area contributed by atoms with Gasteiger partial charge in [-0.3, -0.25) is 4.79 Å². The highest BCUT2D eigenvalue weighted by Gasteiger charge is 2.13. The molecule has 1 amide bonds. The van der Waals surface area contributed by atoms with Crippen molar-refractivity contribution in [2.75, 3.05) is 11.1 Å². The summed E-state index contributed by atoms with van der Waals surface area (Å²) in [7, 11) is 1.85. The SMILES string of the molecule is Cc1cc(OCc2nnc(SCC(=O)Nc3nc4ccccc4s3)n2C)ccc1Cl. The van der Waals surface area contributed by atoms with Crippen LogP contribution in [-0.4, -0.2) is 31.4 Å². The summed E-state index contributed by atoms with van der Waals surface area (Å²) >= 11 is 8.80. The van der Waals surface area contributed by atoms with Gasteiger partial charge >= 0.3 is 0 Å². The van der Waals surface area contributed by atoms with Crippen molar-refractivity contribution < 1.29 is 9.53 Å². The number of nitrogens with one attached hydrogen (secondary N) is 1. The Morgan fingerprint density at radius 3 is 2.90 bits per heavy atom. The Bertz CT molecular complexity index is 1170. The maximum absolute atomic E-state index is 12.3. The molecule has 2 aromatic carbocycles. The number of hydrogen-bond donors (Lipinski definition) is 1. The third kappa shape index (κ3) is 4.75. The van der Waals surface area contributed by atoms with E-state index in [1.54, 1.807) is 6.07 Å². The molecular weight excluding hydrogens is 442 g/mol. The summed E-state index contributed by atoms with van der Waals surface area (Å²) in [5, 5.41) is 13.1. The topological polar surface area (TPSA) is 81.9 Å². The van der Waals surface area contributed by atoms with E-state index in [9.17, 15) is 4.79 Å². The number of amides is 1. The molecule has 0 atom stereocenters. The Hall–Kier alpha value is -2.62. The number of rotatable bonds is 7. The van der Waals surface area contributed by atoms with Gasteiger partial charge in [-0.05, 0) is 42.8 Å². The van der Waals surface area contributed by atoms with Crippen LogP contribution in [0.3, 0.4) is 0 Å². The second kappa shape index (κ2) is 9.03. The van der Waals surface area contributed by atoms with Crippen LogP contribution in [0.1, 0.15) is 11.4 Å². The molecule has 30 heavy (non-hydrogen) atoms. The maximum atomic E-state index is 12.3. The molecule has 0 aliphatic rings. The minimum absolute atomic E-state index is 0.142. The van der Waals surface area contributed by atoms with Crippen LogP contribution in [0.25, 0.3) is 10.2 Å². The standard InChI is InChI=1S/C20H18ClN5O2S2/c1-12-9-13(7-8-14(12)21)28-10-17-24-25-20(26(17)2)29-11-18(27)23-19-22-15-5-3-4-6-16(15)30-19/h3-9H,10-11H2,1-2H3,(H,22,23,27). The molecule has 154 valence electrons. The number of hydrogen-bond acceptors (Lipinski definition) is 7. The maximum Gasteiger partial charge on any atom is 0.236 e. The van der Waals surface area contributed by atoms with Crippen LogP contribution in [0.5, 0.6) is 5.75 Å². The number of aryl methyl sites for hydroxylation is 1. The number of halogens is 1. The number of thioether (sulfide) groups is 1. The fraction of sp³-hybridized carbons (Fsp3) is 0.200. The first-order valence-electron chi connectivity index (χ1n) is 9.05. The van der Waals surface area contributed by atoms with Crippen molar-refractivity contribution in [1.29, 1.82) is 0 Å². The van der Waals surface area contributed by atoms with Crippen LogP contribution in [0.2, 0.25) is 5.02 Å². The van der Waals surface area contributed by atoms with E-state index in [1.807, 2.05) is 54.9 Å². The minimum atomic E-state index is -0.142. The van der Waals surface area contributed by atoms with Gasteiger partial charge in [0.15, 0.2) is 16.1 Å². The number of carbonyl (C=O) groups excluding carboxylic acids is 1. The molecule has 0 unspecified atom stereocenters. The summed E-state index contributed by atoms with van der Waals surface area (Å²) in [6, 6.07) is 13.3. The van der Waals surface area contributed by atoms with E-state index in [2.05, 4.69) is 20.5 Å². The average Bonchev–Trinajstić information content (AvgIpc) is 3.30. The molecule has 4 aromatic rings. The second-order valence-corrected chi connectivity index (χ2v) is 8.86. The van der Waals surface area contributed by atoms with E-state index < -0.39 is 0 Å². The Morgan fingerprint density at radius 1 is 1.27 bits per heavy atom. The summed E-state index contributed by atoms with van der Waals surface area (Å²) in [4.78, 5) is 16.7. The molecule has 0 radical (unpaired) electrons. The van der Waals surface area contributed by atoms with Crippen molar-refractivity contribution in [3.05, 3.63) is 58.9 Å². The molecule has 0 aliphatic heterocycles. The molecule has 0 aliphatic carbocycles. The Labute approximate surface area is 186 Å². The summed E-state index contributed by atoms with van der Waals surface area (Å²) in [6.45, 7) is 2.19. The number of thiazole rings is 1. The molecule has 0 spiro atoms. The first-order chi connectivity index (χ1) is 14.5. The first-order valence-corrected chi connectivity index (χ1v) is 11.2. The average molecular weight is 460 g/mol. The van der Waals surface area contributed by atoms with E-state index in [-0.39, 0.29) is 18.3 Å². The molecule has 0 bridgehead atoms. The van der Waals surface area contributed by atoms with Crippen LogP contribution in [0.4, 0.5) is 5.13 Å². The van der Waals surface area contributed by atoms with Crippen molar-refractivity contribution >= 4 is 56.0 Å². The molecule has 7 nitrogen and oxygen atoms in total. The van der Waals surface area contributed by atoms with Crippen LogP contribution in [0.15, 0.2) is 47.6 Å². The zero-order valence-electron chi connectivity index (χ0n) is 16.3. The van der Waals surface area contributed by atoms with Gasteiger partial charge in [0.2, 0.25) is 5.91 Å². The third-order valence-corrected chi connectivity index (χ3v) is 6.69. The zero-order chi connectivity index (χ0) is 21.1. The van der Waals surface area contributed by atoms with Gasteiger partial charge in [0, 0.05) is 12.1 Å². The van der Waals surface area contributed by atoms with Crippen LogP contribution in [0, 0.1) is 6.92 Å². The molecule has 2 heterocycles. The van der Waals surface area contributed by atoms with Gasteiger partial charge in [0.1, 0.15) is 12.4 Å².